The number of piperazine rings is 1. The Morgan fingerprint density at radius 2 is 1.61 bits per heavy atom. The minimum atomic E-state index is -0.0670. The van der Waals surface area contributed by atoms with Gasteiger partial charge in [-0.15, -0.1) is 37.2 Å². The number of carbonyl (C=O) groups excluding carboxylic acids is 1. The summed E-state index contributed by atoms with van der Waals surface area (Å²) in [6, 6.07) is 8.49. The molecule has 1 amide bonds. The van der Waals surface area contributed by atoms with E-state index in [2.05, 4.69) is 44.7 Å². The molecule has 1 aromatic carbocycles. The van der Waals surface area contributed by atoms with Gasteiger partial charge in [-0.25, -0.2) is 0 Å². The van der Waals surface area contributed by atoms with Crippen molar-refractivity contribution in [3.05, 3.63) is 35.4 Å². The lowest BCUT2D eigenvalue weighted by Gasteiger charge is -2.31. The van der Waals surface area contributed by atoms with Gasteiger partial charge in [0.05, 0.1) is 19.3 Å². The first-order valence-corrected chi connectivity index (χ1v) is 9.33. The van der Waals surface area contributed by atoms with Gasteiger partial charge in [0.15, 0.2) is 0 Å². The molecule has 0 saturated carbocycles. The van der Waals surface area contributed by atoms with Gasteiger partial charge in [0.1, 0.15) is 0 Å². The Kier molecular flexibility index (Phi) is 14.1. The highest BCUT2D eigenvalue weighted by Crippen LogP contribution is 2.09. The van der Waals surface area contributed by atoms with E-state index in [1.807, 2.05) is 6.92 Å². The van der Waals surface area contributed by atoms with Crippen LogP contribution < -0.4 is 10.6 Å². The fourth-order valence-corrected chi connectivity index (χ4v) is 3.35. The molecular weight excluding hydrogens is 423 g/mol. The van der Waals surface area contributed by atoms with Crippen molar-refractivity contribution in [1.29, 1.82) is 0 Å². The van der Waals surface area contributed by atoms with E-state index in [4.69, 9.17) is 4.74 Å². The van der Waals surface area contributed by atoms with E-state index in [1.54, 1.807) is 0 Å². The molecule has 3 rings (SSSR count). The fraction of sp³-hybridized carbons (Fsp3) is 0.632. The summed E-state index contributed by atoms with van der Waals surface area (Å²) in [6.45, 7) is 11.0. The second kappa shape index (κ2) is 14.4. The van der Waals surface area contributed by atoms with E-state index < -0.39 is 0 Å². The summed E-state index contributed by atoms with van der Waals surface area (Å²) < 4.78 is 5.39. The van der Waals surface area contributed by atoms with E-state index in [0.717, 1.165) is 64.6 Å². The Hall–Kier alpha value is -0.600. The Balaban J connectivity index is 0.00000243. The zero-order valence-corrected chi connectivity index (χ0v) is 18.8. The van der Waals surface area contributed by atoms with Crippen molar-refractivity contribution in [2.24, 2.45) is 0 Å². The van der Waals surface area contributed by atoms with Crippen LogP contribution in [0.5, 0.6) is 0 Å². The first kappa shape index (κ1) is 27.4. The van der Waals surface area contributed by atoms with Crippen LogP contribution in [0.2, 0.25) is 0 Å². The number of halogens is 3. The molecule has 1 unspecified atom stereocenters. The summed E-state index contributed by atoms with van der Waals surface area (Å²) in [5.74, 6) is 0.110. The third-order valence-corrected chi connectivity index (χ3v) is 5.08. The molecule has 6 nitrogen and oxygen atoms in total. The van der Waals surface area contributed by atoms with E-state index >= 15 is 0 Å². The maximum atomic E-state index is 12.4. The number of morpholine rings is 1. The van der Waals surface area contributed by atoms with Gasteiger partial charge in [0, 0.05) is 52.4 Å². The Morgan fingerprint density at radius 1 is 1.04 bits per heavy atom. The van der Waals surface area contributed by atoms with E-state index in [1.165, 1.54) is 5.56 Å². The van der Waals surface area contributed by atoms with Crippen LogP contribution in [0.4, 0.5) is 0 Å². The quantitative estimate of drug-likeness (QED) is 0.684. The Morgan fingerprint density at radius 3 is 2.21 bits per heavy atom. The van der Waals surface area contributed by atoms with Crippen LogP contribution in [0.15, 0.2) is 24.3 Å². The highest BCUT2D eigenvalue weighted by atomic mass is 35.5. The third-order valence-electron chi connectivity index (χ3n) is 5.08. The second-order valence-electron chi connectivity index (χ2n) is 6.88. The summed E-state index contributed by atoms with van der Waals surface area (Å²) in [5, 5.41) is 6.39. The topological polar surface area (TPSA) is 56.8 Å². The van der Waals surface area contributed by atoms with Crippen LogP contribution in [-0.4, -0.2) is 74.2 Å². The maximum absolute atomic E-state index is 12.4. The molecule has 2 fully saturated rings. The highest BCUT2D eigenvalue weighted by Gasteiger charge is 2.22. The van der Waals surface area contributed by atoms with Crippen LogP contribution in [0.3, 0.4) is 0 Å². The third kappa shape index (κ3) is 8.41. The molecule has 0 aromatic heterocycles. The average molecular weight is 456 g/mol. The molecule has 1 aromatic rings. The molecule has 9 heteroatoms. The first-order valence-electron chi connectivity index (χ1n) is 9.33. The van der Waals surface area contributed by atoms with Crippen LogP contribution in [-0.2, 0) is 22.6 Å². The summed E-state index contributed by atoms with van der Waals surface area (Å²) in [4.78, 5) is 17.0. The molecule has 1 atom stereocenters. The van der Waals surface area contributed by atoms with Crippen LogP contribution in [0.1, 0.15) is 18.1 Å². The van der Waals surface area contributed by atoms with Gasteiger partial charge in [-0.3, -0.25) is 14.6 Å². The molecule has 0 radical (unpaired) electrons. The lowest BCUT2D eigenvalue weighted by Crippen LogP contribution is -2.52. The minimum Gasteiger partial charge on any atom is -0.379 e. The molecule has 2 aliphatic heterocycles. The van der Waals surface area contributed by atoms with E-state index in [9.17, 15) is 4.79 Å². The Labute approximate surface area is 187 Å². The number of ether oxygens (including phenoxy) is 1. The first-order chi connectivity index (χ1) is 12.2. The largest absolute Gasteiger partial charge is 0.379 e. The molecular formula is C19H33Cl3N4O2. The molecule has 2 N–H and O–H groups in total. The minimum absolute atomic E-state index is 0. The molecule has 162 valence electrons. The van der Waals surface area contributed by atoms with Crippen molar-refractivity contribution in [3.8, 4) is 0 Å². The Bertz CT molecular complexity index is 551. The molecule has 28 heavy (non-hydrogen) atoms. The standard InChI is InChI=1S/C19H30N4O2.3ClH/c1-16(23-8-6-20-7-9-23)19(24)21-14-17-2-4-18(5-3-17)15-22-10-12-25-13-11-22;;;/h2-5,16,20H,6-15H2,1H3,(H,21,24);3*1H. The van der Waals surface area contributed by atoms with Gasteiger partial charge < -0.3 is 15.4 Å². The SMILES string of the molecule is CC(C(=O)NCc1ccc(CN2CCOCC2)cc1)N1CCNCC1.Cl.Cl.Cl. The summed E-state index contributed by atoms with van der Waals surface area (Å²) in [6.07, 6.45) is 0. The van der Waals surface area contributed by atoms with Crippen LogP contribution in [0, 0.1) is 0 Å². The monoisotopic (exact) mass is 454 g/mol. The molecule has 0 bridgehead atoms. The summed E-state index contributed by atoms with van der Waals surface area (Å²) in [7, 11) is 0. The highest BCUT2D eigenvalue weighted by molar-refractivity contribution is 5.86. The maximum Gasteiger partial charge on any atom is 0.237 e. The van der Waals surface area contributed by atoms with Gasteiger partial charge in [0.2, 0.25) is 5.91 Å². The molecule has 2 aliphatic rings. The average Bonchev–Trinajstić information content (AvgIpc) is 2.68. The predicted molar refractivity (Wildman–Crippen MR) is 120 cm³/mol. The predicted octanol–water partition coefficient (Wildman–Crippen LogP) is 1.69. The lowest BCUT2D eigenvalue weighted by atomic mass is 10.1. The van der Waals surface area contributed by atoms with Crippen molar-refractivity contribution in [2.75, 3.05) is 52.5 Å². The summed E-state index contributed by atoms with van der Waals surface area (Å²) >= 11 is 0. The number of nitrogens with zero attached hydrogens (tertiary/aromatic N) is 2. The van der Waals surface area contributed by atoms with Gasteiger partial charge in [0.25, 0.3) is 0 Å². The summed E-state index contributed by atoms with van der Waals surface area (Å²) in [5.41, 5.74) is 2.46. The lowest BCUT2D eigenvalue weighted by molar-refractivity contribution is -0.126. The van der Waals surface area contributed by atoms with Crippen LogP contribution in [0.25, 0.3) is 0 Å². The number of carbonyl (C=O) groups is 1. The van der Waals surface area contributed by atoms with Crippen molar-refractivity contribution >= 4 is 43.1 Å². The normalized spacial score (nSPS) is 18.8. The zero-order chi connectivity index (χ0) is 17.5. The van der Waals surface area contributed by atoms with E-state index in [-0.39, 0.29) is 49.2 Å². The number of hydrogen-bond acceptors (Lipinski definition) is 5. The smallest absolute Gasteiger partial charge is 0.237 e. The molecule has 0 aliphatic carbocycles. The number of nitrogens with one attached hydrogen (secondary N) is 2. The van der Waals surface area contributed by atoms with Gasteiger partial charge in [-0.1, -0.05) is 24.3 Å². The van der Waals surface area contributed by atoms with Crippen molar-refractivity contribution in [1.82, 2.24) is 20.4 Å². The number of benzene rings is 1. The number of rotatable bonds is 6. The molecule has 0 spiro atoms. The fourth-order valence-electron chi connectivity index (χ4n) is 3.35. The van der Waals surface area contributed by atoms with E-state index in [0.29, 0.717) is 6.54 Å². The van der Waals surface area contributed by atoms with Crippen molar-refractivity contribution < 1.29 is 9.53 Å². The van der Waals surface area contributed by atoms with Crippen molar-refractivity contribution in [2.45, 2.75) is 26.1 Å². The van der Waals surface area contributed by atoms with Crippen LogP contribution >= 0.6 is 37.2 Å². The van der Waals surface area contributed by atoms with Gasteiger partial charge >= 0.3 is 0 Å². The van der Waals surface area contributed by atoms with Gasteiger partial charge in [-0.05, 0) is 18.1 Å². The zero-order valence-electron chi connectivity index (χ0n) is 16.4. The second-order valence-corrected chi connectivity index (χ2v) is 6.88. The van der Waals surface area contributed by atoms with Crippen molar-refractivity contribution in [3.63, 3.8) is 0 Å². The molecule has 2 saturated heterocycles. The number of hydrogen-bond donors (Lipinski definition) is 2. The molecule has 2 heterocycles. The van der Waals surface area contributed by atoms with Gasteiger partial charge in [-0.2, -0.15) is 0 Å². The number of amides is 1.